The molecule has 20 heteroatoms. The molecule has 0 unspecified atom stereocenters. The SMILES string of the molecule is CCCOCCNCCS(=O)(=O)c1ccc(CCS(=O)(=O)[O-])cc1.O=S(=O)([O-])S(=O)(=O)[O-].[K+].[K+].[K+]. The van der Waals surface area contributed by atoms with Crippen molar-refractivity contribution in [3.05, 3.63) is 29.8 Å². The molecule has 0 aromatic heterocycles. The van der Waals surface area contributed by atoms with Gasteiger partial charge in [-0.3, -0.25) is 0 Å². The normalized spacial score (nSPS) is 11.7. The van der Waals surface area contributed by atoms with E-state index >= 15 is 0 Å². The zero-order chi connectivity index (χ0) is 25.1. The summed E-state index contributed by atoms with van der Waals surface area (Å²) >= 11 is 0. The molecule has 0 fully saturated rings. The van der Waals surface area contributed by atoms with Gasteiger partial charge in [0, 0.05) is 25.4 Å². The average Bonchev–Trinajstić information content (AvgIpc) is 2.64. The van der Waals surface area contributed by atoms with Crippen LogP contribution in [0.2, 0.25) is 0 Å². The van der Waals surface area contributed by atoms with E-state index in [1.165, 1.54) is 24.3 Å². The molecule has 0 spiro atoms. The van der Waals surface area contributed by atoms with Crippen LogP contribution in [0.15, 0.2) is 29.2 Å². The summed E-state index contributed by atoms with van der Waals surface area (Å²) in [5, 5.41) is 3.01. The molecule has 1 rings (SSSR count). The van der Waals surface area contributed by atoms with Gasteiger partial charge in [-0.1, -0.05) is 19.1 Å². The molecular weight excluding hydrogens is 632 g/mol. The molecule has 13 nitrogen and oxygen atoms in total. The minimum atomic E-state index is -5.67. The molecule has 0 aliphatic rings. The predicted molar refractivity (Wildman–Crippen MR) is 110 cm³/mol. The monoisotopic (exact) mass is 655 g/mol. The molecule has 1 aromatic carbocycles. The molecule has 0 saturated heterocycles. The van der Waals surface area contributed by atoms with Crippen LogP contribution in [0.3, 0.4) is 0 Å². The molecule has 0 atom stereocenters. The van der Waals surface area contributed by atoms with Gasteiger partial charge in [0.15, 0.2) is 28.1 Å². The Bertz CT molecular complexity index is 1090. The van der Waals surface area contributed by atoms with Crippen LogP contribution < -0.4 is 159 Å². The van der Waals surface area contributed by atoms with Gasteiger partial charge in [-0.2, -0.15) is 0 Å². The van der Waals surface area contributed by atoms with Crippen molar-refractivity contribution < 1.29 is 206 Å². The molecule has 0 saturated carbocycles. The van der Waals surface area contributed by atoms with Gasteiger partial charge in [-0.05, 0) is 30.5 Å². The Morgan fingerprint density at radius 1 is 0.743 bits per heavy atom. The molecule has 0 heterocycles. The molecule has 35 heavy (non-hydrogen) atoms. The second-order valence-corrected chi connectivity index (χ2v) is 13.9. The van der Waals surface area contributed by atoms with E-state index in [0.717, 1.165) is 6.42 Å². The van der Waals surface area contributed by atoms with Gasteiger partial charge in [0.2, 0.25) is 0 Å². The number of benzene rings is 1. The minimum Gasteiger partial charge on any atom is -0.748 e. The number of rotatable bonds is 13. The fourth-order valence-electron chi connectivity index (χ4n) is 1.95. The Morgan fingerprint density at radius 3 is 1.63 bits per heavy atom. The maximum atomic E-state index is 12.2. The van der Waals surface area contributed by atoms with E-state index in [0.29, 0.717) is 31.9 Å². The van der Waals surface area contributed by atoms with E-state index in [4.69, 9.17) is 4.74 Å². The summed E-state index contributed by atoms with van der Waals surface area (Å²) in [6.07, 6.45) is 1.02. The molecular formula is C15H24K3NO12S4. The molecule has 0 aliphatic heterocycles. The number of ether oxygens (including phenoxy) is 1. The minimum absolute atomic E-state index is 0. The number of aryl methyl sites for hydroxylation is 1. The maximum absolute atomic E-state index is 12.2. The second kappa shape index (κ2) is 22.3. The number of hydrogen-bond donors (Lipinski definition) is 1. The van der Waals surface area contributed by atoms with E-state index < -0.39 is 44.0 Å². The Kier molecular flexibility index (Phi) is 29.2. The Labute approximate surface area is 334 Å². The van der Waals surface area contributed by atoms with Gasteiger partial charge in [-0.25, -0.2) is 33.7 Å². The summed E-state index contributed by atoms with van der Waals surface area (Å²) in [5.74, 6) is -0.530. The summed E-state index contributed by atoms with van der Waals surface area (Å²) in [6, 6.07) is 5.94. The van der Waals surface area contributed by atoms with E-state index in [1.54, 1.807) is 0 Å². The molecule has 1 aromatic rings. The predicted octanol–water partition coefficient (Wildman–Crippen LogP) is -10.4. The first-order valence-electron chi connectivity index (χ1n) is 8.95. The fraction of sp³-hybridized carbons (Fsp3) is 0.600. The summed E-state index contributed by atoms with van der Waals surface area (Å²) in [4.78, 5) is 0.181. The Morgan fingerprint density at radius 2 is 1.23 bits per heavy atom. The fourth-order valence-corrected chi connectivity index (χ4v) is 3.63. The van der Waals surface area contributed by atoms with Crippen LogP contribution in [0.4, 0.5) is 0 Å². The van der Waals surface area contributed by atoms with Crippen LogP contribution >= 0.6 is 0 Å². The first kappa shape index (κ1) is 45.7. The van der Waals surface area contributed by atoms with Crippen LogP contribution in [-0.2, 0) is 49.4 Å². The van der Waals surface area contributed by atoms with Gasteiger partial charge in [0.1, 0.15) is 0 Å². The zero-order valence-electron chi connectivity index (χ0n) is 20.0. The van der Waals surface area contributed by atoms with Crippen LogP contribution in [0, 0.1) is 0 Å². The molecule has 1 N–H and O–H groups in total. The van der Waals surface area contributed by atoms with Crippen molar-refractivity contribution >= 4 is 38.3 Å². The van der Waals surface area contributed by atoms with Crippen molar-refractivity contribution in [2.24, 2.45) is 0 Å². The topological polar surface area (TPSA) is 227 Å². The number of sulfone groups is 1. The maximum Gasteiger partial charge on any atom is 1.00 e. The van der Waals surface area contributed by atoms with Crippen molar-refractivity contribution in [3.8, 4) is 0 Å². The molecule has 0 bridgehead atoms. The van der Waals surface area contributed by atoms with Gasteiger partial charge in [-0.15, -0.1) is 0 Å². The smallest absolute Gasteiger partial charge is 0.748 e. The van der Waals surface area contributed by atoms with Crippen LogP contribution in [-0.4, -0.2) is 85.1 Å². The molecule has 0 aliphatic carbocycles. The van der Waals surface area contributed by atoms with Gasteiger partial charge >= 0.3 is 154 Å². The largest absolute Gasteiger partial charge is 1.00 e. The van der Waals surface area contributed by atoms with Gasteiger partial charge in [0.05, 0.1) is 27.4 Å². The summed E-state index contributed by atoms with van der Waals surface area (Å²) in [5.41, 5.74) is 0.611. The molecule has 188 valence electrons. The standard InChI is InChI=1S/C15H25NO6S2.3K.H2O6S2/c1-2-10-22-11-8-16-9-13-23(17,18)15-5-3-14(4-6-15)7-12-24(19,20)21;;;;1-7(2,3)8(4,5)6/h3-6,16H,2,7-13H2,1H3,(H,19,20,21);;;;(H,1,2,3)(H,4,5,6)/q;3*+1;/p-3. The number of nitrogens with one attached hydrogen (secondary N) is 1. The van der Waals surface area contributed by atoms with Gasteiger partial charge < -0.3 is 23.7 Å². The van der Waals surface area contributed by atoms with Crippen molar-refractivity contribution in [2.45, 2.75) is 24.7 Å². The van der Waals surface area contributed by atoms with E-state index in [9.17, 15) is 47.3 Å². The average molecular weight is 656 g/mol. The van der Waals surface area contributed by atoms with Crippen LogP contribution in [0.5, 0.6) is 0 Å². The Balaban J connectivity index is -0.000000378. The third-order valence-electron chi connectivity index (χ3n) is 3.49. The third-order valence-corrected chi connectivity index (χ3v) is 7.93. The van der Waals surface area contributed by atoms with Crippen LogP contribution in [0.1, 0.15) is 18.9 Å². The van der Waals surface area contributed by atoms with Crippen molar-refractivity contribution in [2.75, 3.05) is 37.8 Å². The van der Waals surface area contributed by atoms with Crippen molar-refractivity contribution in [3.63, 3.8) is 0 Å². The molecule has 0 amide bonds. The summed E-state index contributed by atoms with van der Waals surface area (Å²) < 4.78 is 117. The van der Waals surface area contributed by atoms with E-state index in [1.807, 2.05) is 6.92 Å². The number of hydrogen-bond acceptors (Lipinski definition) is 13. The van der Waals surface area contributed by atoms with Crippen molar-refractivity contribution in [1.82, 2.24) is 5.32 Å². The first-order valence-corrected chi connectivity index (χ1v) is 15.5. The van der Waals surface area contributed by atoms with E-state index in [2.05, 4.69) is 5.32 Å². The summed E-state index contributed by atoms with van der Waals surface area (Å²) in [6.45, 7) is 4.18. The quantitative estimate of drug-likeness (QED) is 0.0902. The first-order chi connectivity index (χ1) is 14.5. The van der Waals surface area contributed by atoms with Gasteiger partial charge in [0.25, 0.3) is 0 Å². The van der Waals surface area contributed by atoms with Crippen molar-refractivity contribution in [1.29, 1.82) is 0 Å². The molecule has 0 radical (unpaired) electrons. The van der Waals surface area contributed by atoms with E-state index in [-0.39, 0.29) is 171 Å². The van der Waals surface area contributed by atoms with Crippen LogP contribution in [0.25, 0.3) is 0 Å². The zero-order valence-corrected chi connectivity index (χ0v) is 32.6. The summed E-state index contributed by atoms with van der Waals surface area (Å²) in [7, 11) is -19.0. The Hall–Kier alpha value is 3.73. The second-order valence-electron chi connectivity index (χ2n) is 6.15. The third kappa shape index (κ3) is 24.1.